The first-order chi connectivity index (χ1) is 11.9. The van der Waals surface area contributed by atoms with Crippen LogP contribution in [-0.2, 0) is 21.2 Å². The van der Waals surface area contributed by atoms with E-state index in [1.807, 2.05) is 12.1 Å². The molecule has 25 heavy (non-hydrogen) atoms. The van der Waals surface area contributed by atoms with Crippen molar-refractivity contribution in [1.29, 1.82) is 0 Å². The first-order valence-corrected chi connectivity index (χ1v) is 10.8. The summed E-state index contributed by atoms with van der Waals surface area (Å²) in [6.45, 7) is 7.08. The van der Waals surface area contributed by atoms with Crippen molar-refractivity contribution in [2.45, 2.75) is 56.1 Å². The maximum Gasteiger partial charge on any atom is 0.243 e. The van der Waals surface area contributed by atoms with Crippen molar-refractivity contribution in [3.8, 4) is 0 Å². The molecule has 0 saturated carbocycles. The van der Waals surface area contributed by atoms with Crippen LogP contribution in [0, 0.1) is 0 Å². The minimum Gasteiger partial charge on any atom is -0.373 e. The van der Waals surface area contributed by atoms with Crippen LogP contribution in [0.4, 0.5) is 0 Å². The van der Waals surface area contributed by atoms with Gasteiger partial charge in [-0.3, -0.25) is 0 Å². The normalized spacial score (nSPS) is 24.2. The summed E-state index contributed by atoms with van der Waals surface area (Å²) in [5.41, 5.74) is 1.02. The second-order valence-electron chi connectivity index (χ2n) is 7.33. The maximum atomic E-state index is 12.9. The molecule has 0 radical (unpaired) electrons. The monoisotopic (exact) mass is 366 g/mol. The predicted molar refractivity (Wildman–Crippen MR) is 99.2 cm³/mol. The molecule has 1 aromatic rings. The number of ether oxygens (including phenoxy) is 1. The van der Waals surface area contributed by atoms with Gasteiger partial charge in [-0.05, 0) is 57.0 Å². The Balaban J connectivity index is 1.65. The molecule has 2 aliphatic rings. The van der Waals surface area contributed by atoms with Gasteiger partial charge >= 0.3 is 0 Å². The molecule has 0 bridgehead atoms. The number of hydrogen-bond acceptors (Lipinski definition) is 4. The molecule has 2 heterocycles. The summed E-state index contributed by atoms with van der Waals surface area (Å²) in [7, 11) is -1.27. The van der Waals surface area contributed by atoms with E-state index >= 15 is 0 Å². The van der Waals surface area contributed by atoms with Gasteiger partial charge in [-0.15, -0.1) is 0 Å². The zero-order valence-corrected chi connectivity index (χ0v) is 16.4. The molecule has 1 aromatic carbocycles. The molecule has 2 saturated heterocycles. The van der Waals surface area contributed by atoms with E-state index in [0.717, 1.165) is 44.4 Å². The average Bonchev–Trinajstić information content (AvgIpc) is 3.05. The summed E-state index contributed by atoms with van der Waals surface area (Å²) in [4.78, 5) is 2.73. The van der Waals surface area contributed by atoms with Crippen molar-refractivity contribution in [1.82, 2.24) is 9.21 Å². The van der Waals surface area contributed by atoms with E-state index in [1.165, 1.54) is 0 Å². The van der Waals surface area contributed by atoms with Crippen LogP contribution < -0.4 is 0 Å². The summed E-state index contributed by atoms with van der Waals surface area (Å²) in [6.07, 6.45) is 3.49. The molecule has 140 valence electrons. The second kappa shape index (κ2) is 7.35. The zero-order valence-electron chi connectivity index (χ0n) is 15.6. The number of likely N-dealkylation sites (N-methyl/N-ethyl adjacent to an activating group) is 1. The van der Waals surface area contributed by atoms with Crippen molar-refractivity contribution >= 4 is 10.0 Å². The van der Waals surface area contributed by atoms with Crippen LogP contribution in [0.25, 0.3) is 0 Å². The molecule has 2 fully saturated rings. The smallest absolute Gasteiger partial charge is 0.243 e. The summed E-state index contributed by atoms with van der Waals surface area (Å²) in [5.74, 6) is 0. The lowest BCUT2D eigenvalue weighted by atomic mass is 9.88. The molecule has 5 nitrogen and oxygen atoms in total. The molecule has 1 unspecified atom stereocenters. The molecule has 1 spiro atoms. The van der Waals surface area contributed by atoms with Crippen LogP contribution in [0.1, 0.15) is 38.7 Å². The van der Waals surface area contributed by atoms with Gasteiger partial charge in [-0.1, -0.05) is 26.0 Å². The molecule has 2 aliphatic heterocycles. The predicted octanol–water partition coefficient (Wildman–Crippen LogP) is 2.51. The fraction of sp³-hybridized carbons (Fsp3) is 0.684. The van der Waals surface area contributed by atoms with Gasteiger partial charge in [0.25, 0.3) is 0 Å². The Kier molecular flexibility index (Phi) is 5.54. The third-order valence-corrected chi connectivity index (χ3v) is 7.83. The number of hydrogen-bond donors (Lipinski definition) is 0. The Morgan fingerprint density at radius 2 is 1.84 bits per heavy atom. The molecule has 0 aliphatic carbocycles. The van der Waals surface area contributed by atoms with Crippen LogP contribution in [-0.4, -0.2) is 62.6 Å². The largest absolute Gasteiger partial charge is 0.373 e. The highest BCUT2D eigenvalue weighted by molar-refractivity contribution is 7.89. The van der Waals surface area contributed by atoms with E-state index in [4.69, 9.17) is 4.74 Å². The van der Waals surface area contributed by atoms with Crippen LogP contribution in [0.15, 0.2) is 29.2 Å². The molecule has 0 amide bonds. The number of rotatable bonds is 5. The molecule has 1 atom stereocenters. The van der Waals surface area contributed by atoms with E-state index in [-0.39, 0.29) is 5.60 Å². The van der Waals surface area contributed by atoms with Crippen LogP contribution in [0.3, 0.4) is 0 Å². The van der Waals surface area contributed by atoms with Crippen LogP contribution in [0.2, 0.25) is 0 Å². The summed E-state index contributed by atoms with van der Waals surface area (Å²) in [5, 5.41) is 0. The second-order valence-corrected chi connectivity index (χ2v) is 9.26. The Labute approximate surface area is 152 Å². The highest BCUT2D eigenvalue weighted by Crippen LogP contribution is 2.38. The minimum atomic E-state index is -3.40. The highest BCUT2D eigenvalue weighted by Gasteiger charge is 2.45. The molecular formula is C19H30N2O3S. The Hall–Kier alpha value is -0.950. The van der Waals surface area contributed by atoms with Crippen molar-refractivity contribution < 1.29 is 13.2 Å². The first-order valence-electron chi connectivity index (χ1n) is 9.33. The number of benzene rings is 1. The molecule has 0 N–H and O–H groups in total. The van der Waals surface area contributed by atoms with Gasteiger partial charge in [0, 0.05) is 19.1 Å². The third-order valence-electron chi connectivity index (χ3n) is 5.91. The van der Waals surface area contributed by atoms with Crippen molar-refractivity contribution in [2.24, 2.45) is 0 Å². The molecule has 0 aromatic heterocycles. The zero-order chi connectivity index (χ0) is 18.1. The molecule has 6 heteroatoms. The van der Waals surface area contributed by atoms with Crippen molar-refractivity contribution in [2.75, 3.05) is 33.3 Å². The lowest BCUT2D eigenvalue weighted by Crippen LogP contribution is -2.46. The van der Waals surface area contributed by atoms with Gasteiger partial charge in [0.05, 0.1) is 17.1 Å². The van der Waals surface area contributed by atoms with Crippen LogP contribution >= 0.6 is 0 Å². The minimum absolute atomic E-state index is 0.133. The summed E-state index contributed by atoms with van der Waals surface area (Å²) < 4.78 is 33.5. The first kappa shape index (κ1) is 18.8. The van der Waals surface area contributed by atoms with E-state index < -0.39 is 10.0 Å². The van der Waals surface area contributed by atoms with Gasteiger partial charge in [0.2, 0.25) is 10.0 Å². The number of sulfonamides is 1. The van der Waals surface area contributed by atoms with E-state index in [2.05, 4.69) is 25.8 Å². The summed E-state index contributed by atoms with van der Waals surface area (Å²) in [6, 6.07) is 7.73. The van der Waals surface area contributed by atoms with Crippen molar-refractivity contribution in [3.05, 3.63) is 29.8 Å². The lowest BCUT2D eigenvalue weighted by molar-refractivity contribution is -0.0316. The quantitative estimate of drug-likeness (QED) is 0.803. The maximum absolute atomic E-state index is 12.9. The Morgan fingerprint density at radius 3 is 2.40 bits per heavy atom. The van der Waals surface area contributed by atoms with Gasteiger partial charge < -0.3 is 9.64 Å². The van der Waals surface area contributed by atoms with Crippen LogP contribution in [0.5, 0.6) is 0 Å². The van der Waals surface area contributed by atoms with E-state index in [9.17, 15) is 8.42 Å². The van der Waals surface area contributed by atoms with Gasteiger partial charge in [0.1, 0.15) is 0 Å². The fourth-order valence-electron chi connectivity index (χ4n) is 3.89. The third kappa shape index (κ3) is 3.77. The molecule has 3 rings (SSSR count). The Bertz CT molecular complexity index is 679. The topological polar surface area (TPSA) is 49.9 Å². The van der Waals surface area contributed by atoms with Gasteiger partial charge in [-0.25, -0.2) is 8.42 Å². The lowest BCUT2D eigenvalue weighted by Gasteiger charge is -2.38. The number of nitrogens with zero attached hydrogens (tertiary/aromatic N) is 2. The summed E-state index contributed by atoms with van der Waals surface area (Å²) >= 11 is 0. The Morgan fingerprint density at radius 1 is 1.20 bits per heavy atom. The average molecular weight is 367 g/mol. The van der Waals surface area contributed by atoms with Crippen molar-refractivity contribution in [3.63, 3.8) is 0 Å². The SMILES string of the molecule is CCc1ccc(S(=O)(=O)N2CCC3(CC2)CC(N(C)CC)CO3)cc1. The van der Waals surface area contributed by atoms with Gasteiger partial charge in [-0.2, -0.15) is 4.31 Å². The van der Waals surface area contributed by atoms with E-state index in [0.29, 0.717) is 24.0 Å². The van der Waals surface area contributed by atoms with Gasteiger partial charge in [0.15, 0.2) is 0 Å². The highest BCUT2D eigenvalue weighted by atomic mass is 32.2. The molecular weight excluding hydrogens is 336 g/mol. The standard InChI is InChI=1S/C19H30N2O3S/c1-4-16-6-8-18(9-7-16)25(22,23)21-12-10-19(11-13-21)14-17(15-24-19)20(3)5-2/h6-9,17H,4-5,10-15H2,1-3H3. The van der Waals surface area contributed by atoms with E-state index in [1.54, 1.807) is 16.4 Å². The number of aryl methyl sites for hydroxylation is 1. The number of piperidine rings is 1. The fourth-order valence-corrected chi connectivity index (χ4v) is 5.33.